The van der Waals surface area contributed by atoms with Crippen LogP contribution in [0.1, 0.15) is 38.5 Å². The molecule has 7 nitrogen and oxygen atoms in total. The average Bonchev–Trinajstić information content (AvgIpc) is 3.10. The summed E-state index contributed by atoms with van der Waals surface area (Å²) in [6, 6.07) is -0.0428. The van der Waals surface area contributed by atoms with E-state index in [1.807, 2.05) is 4.90 Å². The number of aliphatic carboxylic acids is 1. The van der Waals surface area contributed by atoms with Crippen LogP contribution in [0.25, 0.3) is 0 Å². The number of carbonyl (C=O) groups is 3. The molecule has 2 amide bonds. The van der Waals surface area contributed by atoms with Gasteiger partial charge in [0.25, 0.3) is 0 Å². The minimum atomic E-state index is -0.790. The van der Waals surface area contributed by atoms with Gasteiger partial charge in [0.05, 0.1) is 6.54 Å². The molecule has 0 bridgehead atoms. The van der Waals surface area contributed by atoms with Crippen molar-refractivity contribution in [3.05, 3.63) is 0 Å². The molecule has 2 saturated carbocycles. The van der Waals surface area contributed by atoms with Crippen LogP contribution in [0.4, 0.5) is 0 Å². The van der Waals surface area contributed by atoms with Gasteiger partial charge in [0.15, 0.2) is 0 Å². The second-order valence-electron chi connectivity index (χ2n) is 6.76. The molecule has 0 radical (unpaired) electrons. The lowest BCUT2D eigenvalue weighted by Crippen LogP contribution is -2.57. The van der Waals surface area contributed by atoms with Crippen molar-refractivity contribution in [3.63, 3.8) is 0 Å². The second-order valence-corrected chi connectivity index (χ2v) is 6.76. The summed E-state index contributed by atoms with van der Waals surface area (Å²) in [5.41, 5.74) is 0. The van der Waals surface area contributed by atoms with Gasteiger partial charge in [-0.1, -0.05) is 0 Å². The summed E-state index contributed by atoms with van der Waals surface area (Å²) < 4.78 is 0. The number of nitrogens with one attached hydrogen (secondary N) is 2. The summed E-state index contributed by atoms with van der Waals surface area (Å²) in [6.07, 6.45) is 4.97. The van der Waals surface area contributed by atoms with E-state index in [9.17, 15) is 14.4 Å². The molecule has 22 heavy (non-hydrogen) atoms. The largest absolute Gasteiger partial charge is 0.480 e. The Morgan fingerprint density at radius 2 is 2.00 bits per heavy atom. The fraction of sp³-hybridized carbons (Fsp3) is 0.800. The van der Waals surface area contributed by atoms with Crippen LogP contribution in [0.2, 0.25) is 0 Å². The Balaban J connectivity index is 1.42. The molecule has 122 valence electrons. The van der Waals surface area contributed by atoms with E-state index in [1.54, 1.807) is 0 Å². The van der Waals surface area contributed by atoms with Crippen LogP contribution in [-0.2, 0) is 14.4 Å². The zero-order valence-corrected chi connectivity index (χ0v) is 12.6. The maximum Gasteiger partial charge on any atom is 0.317 e. The summed E-state index contributed by atoms with van der Waals surface area (Å²) in [4.78, 5) is 36.1. The summed E-state index contributed by atoms with van der Waals surface area (Å²) in [5, 5.41) is 14.6. The number of carbonyl (C=O) groups excluding carboxylic acids is 2. The number of hydrogen-bond donors (Lipinski definition) is 3. The smallest absolute Gasteiger partial charge is 0.317 e. The maximum atomic E-state index is 12.0. The third-order valence-corrected chi connectivity index (χ3v) is 4.82. The van der Waals surface area contributed by atoms with Gasteiger partial charge < -0.3 is 15.7 Å². The van der Waals surface area contributed by atoms with E-state index in [-0.39, 0.29) is 30.4 Å². The van der Waals surface area contributed by atoms with Crippen LogP contribution in [-0.4, -0.2) is 59.0 Å². The third kappa shape index (κ3) is 3.76. The maximum absolute atomic E-state index is 12.0. The highest BCUT2D eigenvalue weighted by Gasteiger charge is 2.39. The SMILES string of the molecule is O=C(O)CN(CC1CC1)C1CC(NC(=O)C2CCC(=O)N2)C1. The van der Waals surface area contributed by atoms with Gasteiger partial charge in [0.1, 0.15) is 6.04 Å². The Morgan fingerprint density at radius 1 is 1.27 bits per heavy atom. The van der Waals surface area contributed by atoms with Gasteiger partial charge in [-0.3, -0.25) is 19.3 Å². The first-order chi connectivity index (χ1) is 10.5. The topological polar surface area (TPSA) is 98.7 Å². The van der Waals surface area contributed by atoms with E-state index in [2.05, 4.69) is 10.6 Å². The molecule has 3 aliphatic rings. The Kier molecular flexibility index (Phi) is 4.33. The molecule has 1 heterocycles. The molecule has 0 aromatic heterocycles. The lowest BCUT2D eigenvalue weighted by molar-refractivity contribution is -0.140. The van der Waals surface area contributed by atoms with E-state index in [0.29, 0.717) is 18.8 Å². The number of hydrogen-bond acceptors (Lipinski definition) is 4. The van der Waals surface area contributed by atoms with Gasteiger partial charge in [0, 0.05) is 25.0 Å². The van der Waals surface area contributed by atoms with Crippen molar-refractivity contribution in [2.45, 2.75) is 56.7 Å². The Bertz CT molecular complexity index is 471. The number of carboxylic acids is 1. The molecule has 0 aromatic rings. The number of carboxylic acid groups (broad SMARTS) is 1. The molecule has 3 rings (SSSR count). The standard InChI is InChI=1S/C15H23N3O4/c19-13-4-3-12(17-13)15(22)16-10-5-11(6-10)18(8-14(20)21)7-9-1-2-9/h9-12H,1-8H2,(H,16,22)(H,17,19)(H,20,21). The molecule has 3 N–H and O–H groups in total. The van der Waals surface area contributed by atoms with E-state index in [4.69, 9.17) is 5.11 Å². The van der Waals surface area contributed by atoms with E-state index in [1.165, 1.54) is 12.8 Å². The lowest BCUT2D eigenvalue weighted by Gasteiger charge is -2.43. The van der Waals surface area contributed by atoms with Gasteiger partial charge >= 0.3 is 5.97 Å². The van der Waals surface area contributed by atoms with Gasteiger partial charge in [-0.25, -0.2) is 0 Å². The molecule has 2 aliphatic carbocycles. The minimum absolute atomic E-state index is 0.0660. The average molecular weight is 309 g/mol. The molecule has 1 atom stereocenters. The fourth-order valence-electron chi connectivity index (χ4n) is 3.26. The monoisotopic (exact) mass is 309 g/mol. The zero-order chi connectivity index (χ0) is 15.7. The van der Waals surface area contributed by atoms with E-state index >= 15 is 0 Å². The zero-order valence-electron chi connectivity index (χ0n) is 12.6. The highest BCUT2D eigenvalue weighted by atomic mass is 16.4. The summed E-state index contributed by atoms with van der Waals surface area (Å²) in [5.74, 6) is -0.312. The predicted molar refractivity (Wildman–Crippen MR) is 78.1 cm³/mol. The second kappa shape index (κ2) is 6.24. The van der Waals surface area contributed by atoms with Crippen molar-refractivity contribution in [2.24, 2.45) is 5.92 Å². The van der Waals surface area contributed by atoms with Crippen molar-refractivity contribution in [2.75, 3.05) is 13.1 Å². The number of rotatable bonds is 7. The van der Waals surface area contributed by atoms with Crippen LogP contribution in [0, 0.1) is 5.92 Å². The Labute approximate surface area is 129 Å². The quantitative estimate of drug-likeness (QED) is 0.600. The van der Waals surface area contributed by atoms with E-state index in [0.717, 1.165) is 19.4 Å². The van der Waals surface area contributed by atoms with Crippen molar-refractivity contribution >= 4 is 17.8 Å². The van der Waals surface area contributed by atoms with Crippen LogP contribution in [0.15, 0.2) is 0 Å². The molecule has 1 unspecified atom stereocenters. The molecule has 3 fully saturated rings. The third-order valence-electron chi connectivity index (χ3n) is 4.82. The first-order valence-corrected chi connectivity index (χ1v) is 8.07. The summed E-state index contributed by atoms with van der Waals surface area (Å²) in [7, 11) is 0. The van der Waals surface area contributed by atoms with Crippen LogP contribution in [0.3, 0.4) is 0 Å². The van der Waals surface area contributed by atoms with Crippen molar-refractivity contribution < 1.29 is 19.5 Å². The summed E-state index contributed by atoms with van der Waals surface area (Å²) >= 11 is 0. The summed E-state index contributed by atoms with van der Waals surface area (Å²) in [6.45, 7) is 0.941. The molecular weight excluding hydrogens is 286 g/mol. The number of nitrogens with zero attached hydrogens (tertiary/aromatic N) is 1. The normalized spacial score (nSPS) is 30.8. The first-order valence-electron chi connectivity index (χ1n) is 8.07. The fourth-order valence-corrected chi connectivity index (χ4v) is 3.26. The number of amides is 2. The van der Waals surface area contributed by atoms with Crippen molar-refractivity contribution in [1.29, 1.82) is 0 Å². The van der Waals surface area contributed by atoms with Crippen molar-refractivity contribution in [1.82, 2.24) is 15.5 Å². The molecular formula is C15H23N3O4. The van der Waals surface area contributed by atoms with Crippen molar-refractivity contribution in [3.8, 4) is 0 Å². The highest BCUT2D eigenvalue weighted by molar-refractivity contribution is 5.90. The molecule has 1 saturated heterocycles. The first kappa shape index (κ1) is 15.3. The predicted octanol–water partition coefficient (Wildman–Crippen LogP) is -0.291. The van der Waals surface area contributed by atoms with Crippen LogP contribution < -0.4 is 10.6 Å². The minimum Gasteiger partial charge on any atom is -0.480 e. The Morgan fingerprint density at radius 3 is 2.55 bits per heavy atom. The highest BCUT2D eigenvalue weighted by Crippen LogP contribution is 2.33. The molecule has 0 aromatic carbocycles. The Hall–Kier alpha value is -1.63. The van der Waals surface area contributed by atoms with E-state index < -0.39 is 12.0 Å². The van der Waals surface area contributed by atoms with Gasteiger partial charge in [-0.05, 0) is 38.0 Å². The van der Waals surface area contributed by atoms with Gasteiger partial charge in [-0.2, -0.15) is 0 Å². The lowest BCUT2D eigenvalue weighted by atomic mass is 9.85. The molecule has 1 aliphatic heterocycles. The molecule has 7 heteroatoms. The molecule has 0 spiro atoms. The van der Waals surface area contributed by atoms with Gasteiger partial charge in [-0.15, -0.1) is 0 Å². The van der Waals surface area contributed by atoms with Gasteiger partial charge in [0.2, 0.25) is 11.8 Å². The van der Waals surface area contributed by atoms with Crippen LogP contribution >= 0.6 is 0 Å². The van der Waals surface area contributed by atoms with Crippen LogP contribution in [0.5, 0.6) is 0 Å².